The second-order valence-corrected chi connectivity index (χ2v) is 5.67. The van der Waals surface area contributed by atoms with Gasteiger partial charge in [-0.2, -0.15) is 5.10 Å². The van der Waals surface area contributed by atoms with Gasteiger partial charge in [0.25, 0.3) is 5.91 Å². The molecule has 2 rings (SSSR count). The third kappa shape index (κ3) is 4.19. The van der Waals surface area contributed by atoms with Crippen molar-refractivity contribution in [2.45, 2.75) is 6.92 Å². The predicted octanol–water partition coefficient (Wildman–Crippen LogP) is 4.16. The van der Waals surface area contributed by atoms with Gasteiger partial charge < -0.3 is 9.47 Å². The molecule has 0 heterocycles. The quantitative estimate of drug-likeness (QED) is 0.638. The van der Waals surface area contributed by atoms with Crippen molar-refractivity contribution in [3.63, 3.8) is 0 Å². The third-order valence-corrected chi connectivity index (χ3v) is 3.85. The number of carbonyl (C=O) groups is 1. The van der Waals surface area contributed by atoms with Crippen molar-refractivity contribution in [1.82, 2.24) is 5.43 Å². The molecule has 0 spiro atoms. The molecular formula is C17H16Cl2N2O3. The van der Waals surface area contributed by atoms with Crippen LogP contribution in [-0.4, -0.2) is 25.8 Å². The van der Waals surface area contributed by atoms with Gasteiger partial charge in [0.1, 0.15) is 11.5 Å². The van der Waals surface area contributed by atoms with Crippen LogP contribution in [0.25, 0.3) is 0 Å². The second kappa shape index (κ2) is 8.04. The first kappa shape index (κ1) is 18.1. The van der Waals surface area contributed by atoms with Crippen LogP contribution >= 0.6 is 23.2 Å². The minimum absolute atomic E-state index is 0.259. The molecule has 0 saturated heterocycles. The summed E-state index contributed by atoms with van der Waals surface area (Å²) in [6.07, 6.45) is 0. The molecule has 0 aliphatic rings. The molecule has 0 aliphatic heterocycles. The first-order valence-corrected chi connectivity index (χ1v) is 7.74. The second-order valence-electron chi connectivity index (χ2n) is 4.83. The smallest absolute Gasteiger partial charge is 0.272 e. The van der Waals surface area contributed by atoms with Gasteiger partial charge in [-0.15, -0.1) is 0 Å². The minimum atomic E-state index is -0.427. The highest BCUT2D eigenvalue weighted by molar-refractivity contribution is 6.36. The number of methoxy groups -OCH3 is 2. The molecule has 1 amide bonds. The van der Waals surface area contributed by atoms with Gasteiger partial charge in [-0.3, -0.25) is 4.79 Å². The van der Waals surface area contributed by atoms with Crippen LogP contribution in [0.2, 0.25) is 10.0 Å². The standard InChI is InChI=1S/C17H16Cl2N2O3/c1-10(13-7-5-12(23-2)9-16(13)24-3)20-21-17(22)14-6-4-11(18)8-15(14)19/h4-9H,1-3H3,(H,21,22)/b20-10-. The lowest BCUT2D eigenvalue weighted by Gasteiger charge is -2.10. The Hall–Kier alpha value is -2.24. The van der Waals surface area contributed by atoms with E-state index < -0.39 is 5.91 Å². The first-order chi connectivity index (χ1) is 11.5. The van der Waals surface area contributed by atoms with Gasteiger partial charge in [0.15, 0.2) is 0 Å². The van der Waals surface area contributed by atoms with E-state index in [1.54, 1.807) is 51.5 Å². The molecule has 0 aromatic heterocycles. The number of hydrazone groups is 1. The van der Waals surface area contributed by atoms with Crippen LogP contribution in [0, 0.1) is 0 Å². The maximum atomic E-state index is 12.2. The molecule has 0 unspecified atom stereocenters. The topological polar surface area (TPSA) is 59.9 Å². The van der Waals surface area contributed by atoms with Crippen LogP contribution < -0.4 is 14.9 Å². The number of carbonyl (C=O) groups excluding carboxylic acids is 1. The molecule has 5 nitrogen and oxygen atoms in total. The molecule has 2 aromatic carbocycles. The summed E-state index contributed by atoms with van der Waals surface area (Å²) < 4.78 is 10.5. The van der Waals surface area contributed by atoms with Gasteiger partial charge in [-0.05, 0) is 37.3 Å². The maximum absolute atomic E-state index is 12.2. The van der Waals surface area contributed by atoms with Gasteiger partial charge >= 0.3 is 0 Å². The summed E-state index contributed by atoms with van der Waals surface area (Å²) in [4.78, 5) is 12.2. The van der Waals surface area contributed by atoms with E-state index in [4.69, 9.17) is 32.7 Å². The van der Waals surface area contributed by atoms with Crippen molar-refractivity contribution in [3.8, 4) is 11.5 Å². The zero-order chi connectivity index (χ0) is 17.7. The Bertz CT molecular complexity index is 791. The third-order valence-electron chi connectivity index (χ3n) is 3.30. The molecule has 1 N–H and O–H groups in total. The number of nitrogens with zero attached hydrogens (tertiary/aromatic N) is 1. The van der Waals surface area contributed by atoms with Crippen LogP contribution in [0.1, 0.15) is 22.8 Å². The molecule has 24 heavy (non-hydrogen) atoms. The Labute approximate surface area is 150 Å². The number of amides is 1. The number of benzene rings is 2. The highest BCUT2D eigenvalue weighted by Gasteiger charge is 2.12. The SMILES string of the molecule is COc1ccc(/C(C)=N\NC(=O)c2ccc(Cl)cc2Cl)c(OC)c1. The molecule has 0 atom stereocenters. The molecule has 2 aromatic rings. The lowest BCUT2D eigenvalue weighted by molar-refractivity contribution is 0.0955. The molecule has 0 aliphatic carbocycles. The summed E-state index contributed by atoms with van der Waals surface area (Å²) in [5.74, 6) is 0.832. The maximum Gasteiger partial charge on any atom is 0.272 e. The van der Waals surface area contributed by atoms with Crippen LogP contribution in [0.3, 0.4) is 0 Å². The van der Waals surface area contributed by atoms with Crippen molar-refractivity contribution >= 4 is 34.8 Å². The fourth-order valence-electron chi connectivity index (χ4n) is 2.03. The van der Waals surface area contributed by atoms with E-state index in [-0.39, 0.29) is 5.02 Å². The average Bonchev–Trinajstić information content (AvgIpc) is 2.58. The number of nitrogens with one attached hydrogen (secondary N) is 1. The van der Waals surface area contributed by atoms with Crippen LogP contribution in [-0.2, 0) is 0 Å². The van der Waals surface area contributed by atoms with Crippen molar-refractivity contribution in [1.29, 1.82) is 0 Å². The van der Waals surface area contributed by atoms with Gasteiger partial charge in [0.05, 0.1) is 30.5 Å². The monoisotopic (exact) mass is 366 g/mol. The summed E-state index contributed by atoms with van der Waals surface area (Å²) in [5, 5.41) is 4.82. The molecule has 7 heteroatoms. The van der Waals surface area contributed by atoms with E-state index in [1.165, 1.54) is 6.07 Å². The lowest BCUT2D eigenvalue weighted by Crippen LogP contribution is -2.19. The molecule has 0 radical (unpaired) electrons. The fourth-order valence-corrected chi connectivity index (χ4v) is 2.52. The van der Waals surface area contributed by atoms with Crippen LogP contribution in [0.15, 0.2) is 41.5 Å². The Balaban J connectivity index is 2.21. The van der Waals surface area contributed by atoms with Crippen molar-refractivity contribution in [2.75, 3.05) is 14.2 Å². The Morgan fingerprint density at radius 2 is 1.75 bits per heavy atom. The molecule has 0 bridgehead atoms. The molecule has 0 fully saturated rings. The first-order valence-electron chi connectivity index (χ1n) is 6.98. The number of hydrogen-bond acceptors (Lipinski definition) is 4. The van der Waals surface area contributed by atoms with E-state index in [2.05, 4.69) is 10.5 Å². The summed E-state index contributed by atoms with van der Waals surface area (Å²) in [6.45, 7) is 1.76. The van der Waals surface area contributed by atoms with Crippen molar-refractivity contribution in [3.05, 3.63) is 57.6 Å². The van der Waals surface area contributed by atoms with E-state index in [9.17, 15) is 4.79 Å². The van der Waals surface area contributed by atoms with E-state index in [0.717, 1.165) is 5.56 Å². The zero-order valence-electron chi connectivity index (χ0n) is 13.4. The zero-order valence-corrected chi connectivity index (χ0v) is 14.9. The summed E-state index contributed by atoms with van der Waals surface area (Å²) >= 11 is 11.8. The normalized spacial score (nSPS) is 11.1. The van der Waals surface area contributed by atoms with Gasteiger partial charge in [0.2, 0.25) is 0 Å². The van der Waals surface area contributed by atoms with E-state index in [0.29, 0.717) is 27.8 Å². The molecular weight excluding hydrogens is 351 g/mol. The van der Waals surface area contributed by atoms with Crippen LogP contribution in [0.5, 0.6) is 11.5 Å². The highest BCUT2D eigenvalue weighted by Crippen LogP contribution is 2.25. The van der Waals surface area contributed by atoms with Crippen molar-refractivity contribution in [2.24, 2.45) is 5.10 Å². The summed E-state index contributed by atoms with van der Waals surface area (Å²) in [7, 11) is 3.13. The molecule has 0 saturated carbocycles. The van der Waals surface area contributed by atoms with E-state index in [1.807, 2.05) is 0 Å². The minimum Gasteiger partial charge on any atom is -0.497 e. The Kier molecular flexibility index (Phi) is 6.06. The largest absolute Gasteiger partial charge is 0.497 e. The summed E-state index contributed by atoms with van der Waals surface area (Å²) in [5.41, 5.74) is 4.08. The van der Waals surface area contributed by atoms with Crippen molar-refractivity contribution < 1.29 is 14.3 Å². The highest BCUT2D eigenvalue weighted by atomic mass is 35.5. The average molecular weight is 367 g/mol. The van der Waals surface area contributed by atoms with Gasteiger partial charge in [0, 0.05) is 16.7 Å². The lowest BCUT2D eigenvalue weighted by atomic mass is 10.1. The fraction of sp³-hybridized carbons (Fsp3) is 0.176. The van der Waals surface area contributed by atoms with Gasteiger partial charge in [-0.1, -0.05) is 23.2 Å². The number of ether oxygens (including phenoxy) is 2. The van der Waals surface area contributed by atoms with Gasteiger partial charge in [-0.25, -0.2) is 5.43 Å². The Morgan fingerprint density at radius 1 is 1.04 bits per heavy atom. The summed E-state index contributed by atoms with van der Waals surface area (Å²) in [6, 6.07) is 9.96. The predicted molar refractivity (Wildman–Crippen MR) is 95.7 cm³/mol. The number of rotatable bonds is 5. The number of hydrogen-bond donors (Lipinski definition) is 1. The molecule has 126 valence electrons. The van der Waals surface area contributed by atoms with E-state index >= 15 is 0 Å². The van der Waals surface area contributed by atoms with Crippen LogP contribution in [0.4, 0.5) is 0 Å². The Morgan fingerprint density at radius 3 is 2.38 bits per heavy atom. The number of halogens is 2.